The van der Waals surface area contributed by atoms with Crippen LogP contribution in [0.1, 0.15) is 45.8 Å². The number of hydrogen-bond acceptors (Lipinski definition) is 3. The number of carbonyl (C=O) groups is 2. The normalized spacial score (nSPS) is 24.6. The average molecular weight is 293 g/mol. The minimum Gasteiger partial charge on any atom is -0.481 e. The number of amides is 1. The standard InChI is InChI=1S/C15H19NO3S/c17-14(13-7-9-3-2-6-12(9)20-13)16-8-10-4-1-5-11(10)15(18)19/h7,10-11H,1-6,8H2,(H,16,17)(H,18,19). The highest BCUT2D eigenvalue weighted by Gasteiger charge is 2.33. The number of thiophene rings is 1. The molecule has 2 atom stereocenters. The molecule has 1 aromatic heterocycles. The number of rotatable bonds is 4. The van der Waals surface area contributed by atoms with Crippen LogP contribution in [0.3, 0.4) is 0 Å². The van der Waals surface area contributed by atoms with E-state index in [1.165, 1.54) is 16.9 Å². The van der Waals surface area contributed by atoms with E-state index >= 15 is 0 Å². The zero-order valence-corrected chi connectivity index (χ0v) is 12.2. The van der Waals surface area contributed by atoms with Gasteiger partial charge in [-0.15, -0.1) is 11.3 Å². The molecule has 5 heteroatoms. The van der Waals surface area contributed by atoms with Crippen molar-refractivity contribution in [3.63, 3.8) is 0 Å². The van der Waals surface area contributed by atoms with Gasteiger partial charge in [0.05, 0.1) is 10.8 Å². The number of carboxylic acid groups (broad SMARTS) is 1. The van der Waals surface area contributed by atoms with Crippen LogP contribution in [0.2, 0.25) is 0 Å². The molecule has 2 N–H and O–H groups in total. The Hall–Kier alpha value is -1.36. The SMILES string of the molecule is O=C(NCC1CCCC1C(=O)O)c1cc2c(s1)CCC2. The molecule has 108 valence electrons. The van der Waals surface area contributed by atoms with Crippen LogP contribution in [0, 0.1) is 11.8 Å². The molecule has 2 unspecified atom stereocenters. The first-order chi connectivity index (χ1) is 9.65. The summed E-state index contributed by atoms with van der Waals surface area (Å²) < 4.78 is 0. The summed E-state index contributed by atoms with van der Waals surface area (Å²) in [5.41, 5.74) is 1.32. The lowest BCUT2D eigenvalue weighted by molar-refractivity contribution is -0.142. The Labute approximate surface area is 122 Å². The van der Waals surface area contributed by atoms with Crippen LogP contribution in [-0.2, 0) is 17.6 Å². The smallest absolute Gasteiger partial charge is 0.306 e. The van der Waals surface area contributed by atoms with Crippen molar-refractivity contribution >= 4 is 23.2 Å². The summed E-state index contributed by atoms with van der Waals surface area (Å²) in [6.45, 7) is 0.484. The maximum Gasteiger partial charge on any atom is 0.306 e. The lowest BCUT2D eigenvalue weighted by atomic mass is 9.96. The zero-order chi connectivity index (χ0) is 14.1. The van der Waals surface area contributed by atoms with Crippen molar-refractivity contribution in [1.82, 2.24) is 5.32 Å². The number of hydrogen-bond donors (Lipinski definition) is 2. The molecular formula is C15H19NO3S. The molecule has 1 fully saturated rings. The summed E-state index contributed by atoms with van der Waals surface area (Å²) in [6, 6.07) is 2.01. The van der Waals surface area contributed by atoms with E-state index in [9.17, 15) is 9.59 Å². The van der Waals surface area contributed by atoms with E-state index in [0.717, 1.165) is 37.0 Å². The Morgan fingerprint density at radius 2 is 2.15 bits per heavy atom. The van der Waals surface area contributed by atoms with Gasteiger partial charge in [-0.3, -0.25) is 9.59 Å². The molecule has 2 aliphatic rings. The summed E-state index contributed by atoms with van der Waals surface area (Å²) in [5, 5.41) is 12.1. The molecule has 0 radical (unpaired) electrons. The summed E-state index contributed by atoms with van der Waals surface area (Å²) >= 11 is 1.59. The molecule has 1 saturated carbocycles. The molecular weight excluding hydrogens is 274 g/mol. The number of aryl methyl sites for hydroxylation is 2. The van der Waals surface area contributed by atoms with Crippen LogP contribution in [0.5, 0.6) is 0 Å². The largest absolute Gasteiger partial charge is 0.481 e. The fourth-order valence-corrected chi connectivity index (χ4v) is 4.53. The summed E-state index contributed by atoms with van der Waals surface area (Å²) in [6.07, 6.45) is 5.97. The number of carbonyl (C=O) groups excluding carboxylic acids is 1. The number of aliphatic carboxylic acids is 1. The maximum absolute atomic E-state index is 12.1. The summed E-state index contributed by atoms with van der Waals surface area (Å²) in [4.78, 5) is 25.4. The lowest BCUT2D eigenvalue weighted by Crippen LogP contribution is -2.32. The van der Waals surface area contributed by atoms with E-state index in [0.29, 0.717) is 6.54 Å². The molecule has 0 spiro atoms. The molecule has 0 aliphatic heterocycles. The molecule has 3 rings (SSSR count). The van der Waals surface area contributed by atoms with Crippen molar-refractivity contribution in [3.05, 3.63) is 21.4 Å². The third-order valence-electron chi connectivity index (χ3n) is 4.47. The highest BCUT2D eigenvalue weighted by Crippen LogP contribution is 2.32. The number of carboxylic acids is 1. The number of fused-ring (bicyclic) bond motifs is 1. The van der Waals surface area contributed by atoms with Gasteiger partial charge in [-0.2, -0.15) is 0 Å². The van der Waals surface area contributed by atoms with Crippen LogP contribution >= 0.6 is 11.3 Å². The first-order valence-corrected chi connectivity index (χ1v) is 8.09. The van der Waals surface area contributed by atoms with E-state index in [1.807, 2.05) is 6.07 Å². The van der Waals surface area contributed by atoms with E-state index in [-0.39, 0.29) is 17.7 Å². The molecule has 1 aromatic rings. The average Bonchev–Trinajstić information content (AvgIpc) is 3.09. The van der Waals surface area contributed by atoms with Crippen LogP contribution in [0.4, 0.5) is 0 Å². The first kappa shape index (κ1) is 13.6. The van der Waals surface area contributed by atoms with Crippen molar-refractivity contribution < 1.29 is 14.7 Å². The Morgan fingerprint density at radius 1 is 1.30 bits per heavy atom. The highest BCUT2D eigenvalue weighted by molar-refractivity contribution is 7.14. The quantitative estimate of drug-likeness (QED) is 0.896. The van der Waals surface area contributed by atoms with E-state index < -0.39 is 5.97 Å². The van der Waals surface area contributed by atoms with Crippen LogP contribution < -0.4 is 5.32 Å². The van der Waals surface area contributed by atoms with Gasteiger partial charge in [-0.1, -0.05) is 6.42 Å². The molecule has 1 heterocycles. The second-order valence-corrected chi connectivity index (χ2v) is 6.90. The fraction of sp³-hybridized carbons (Fsp3) is 0.600. The first-order valence-electron chi connectivity index (χ1n) is 7.27. The monoisotopic (exact) mass is 293 g/mol. The van der Waals surface area contributed by atoms with Gasteiger partial charge in [0.25, 0.3) is 5.91 Å². The minimum absolute atomic E-state index is 0.0413. The highest BCUT2D eigenvalue weighted by atomic mass is 32.1. The van der Waals surface area contributed by atoms with Crippen molar-refractivity contribution in [1.29, 1.82) is 0 Å². The Morgan fingerprint density at radius 3 is 2.90 bits per heavy atom. The Balaban J connectivity index is 1.57. The van der Waals surface area contributed by atoms with Gasteiger partial charge in [0.15, 0.2) is 0 Å². The van der Waals surface area contributed by atoms with Gasteiger partial charge in [-0.25, -0.2) is 0 Å². The van der Waals surface area contributed by atoms with E-state index in [2.05, 4.69) is 5.32 Å². The van der Waals surface area contributed by atoms with Crippen molar-refractivity contribution in [2.45, 2.75) is 38.5 Å². The molecule has 0 saturated heterocycles. The van der Waals surface area contributed by atoms with E-state index in [1.54, 1.807) is 11.3 Å². The summed E-state index contributed by atoms with van der Waals surface area (Å²) in [5.74, 6) is -0.968. The van der Waals surface area contributed by atoms with Crippen LogP contribution in [0.25, 0.3) is 0 Å². The molecule has 4 nitrogen and oxygen atoms in total. The third kappa shape index (κ3) is 2.59. The predicted molar refractivity (Wildman–Crippen MR) is 77.1 cm³/mol. The van der Waals surface area contributed by atoms with Gasteiger partial charge in [0.1, 0.15) is 0 Å². The maximum atomic E-state index is 12.1. The Kier molecular flexibility index (Phi) is 3.78. The van der Waals surface area contributed by atoms with Crippen LogP contribution in [-0.4, -0.2) is 23.5 Å². The van der Waals surface area contributed by atoms with Gasteiger partial charge < -0.3 is 10.4 Å². The second-order valence-electron chi connectivity index (χ2n) is 5.76. The van der Waals surface area contributed by atoms with Crippen LogP contribution in [0.15, 0.2) is 6.07 Å². The molecule has 0 bridgehead atoms. The van der Waals surface area contributed by atoms with Crippen molar-refractivity contribution in [2.75, 3.05) is 6.54 Å². The molecule has 20 heavy (non-hydrogen) atoms. The van der Waals surface area contributed by atoms with Gasteiger partial charge in [-0.05, 0) is 49.7 Å². The van der Waals surface area contributed by atoms with Gasteiger partial charge in [0.2, 0.25) is 0 Å². The lowest BCUT2D eigenvalue weighted by Gasteiger charge is -2.15. The predicted octanol–water partition coefficient (Wildman–Crippen LogP) is 2.47. The van der Waals surface area contributed by atoms with Crippen molar-refractivity contribution in [3.8, 4) is 0 Å². The number of nitrogens with one attached hydrogen (secondary N) is 1. The summed E-state index contributed by atoms with van der Waals surface area (Å²) in [7, 11) is 0. The third-order valence-corrected chi connectivity index (χ3v) is 5.71. The fourth-order valence-electron chi connectivity index (χ4n) is 3.36. The molecule has 1 amide bonds. The topological polar surface area (TPSA) is 66.4 Å². The van der Waals surface area contributed by atoms with Crippen molar-refractivity contribution in [2.24, 2.45) is 11.8 Å². The van der Waals surface area contributed by atoms with E-state index in [4.69, 9.17) is 5.11 Å². The Bertz CT molecular complexity index is 516. The molecule has 0 aromatic carbocycles. The molecule has 2 aliphatic carbocycles. The van der Waals surface area contributed by atoms with Gasteiger partial charge >= 0.3 is 5.97 Å². The minimum atomic E-state index is -0.725. The second kappa shape index (κ2) is 5.56. The van der Waals surface area contributed by atoms with Gasteiger partial charge in [0, 0.05) is 11.4 Å². The zero-order valence-electron chi connectivity index (χ0n) is 11.4.